The molecule has 0 spiro atoms. The van der Waals surface area contributed by atoms with Crippen LogP contribution in [0.3, 0.4) is 0 Å². The quantitative estimate of drug-likeness (QED) is 0.271. The maximum Gasteiger partial charge on any atom is 0.331 e. The summed E-state index contributed by atoms with van der Waals surface area (Å²) >= 11 is 0. The highest BCUT2D eigenvalue weighted by Crippen LogP contribution is 2.08. The lowest BCUT2D eigenvalue weighted by Gasteiger charge is -2.05. The Kier molecular flexibility index (Phi) is 8.25. The Labute approximate surface area is 179 Å². The molecule has 0 unspecified atom stereocenters. The lowest BCUT2D eigenvalue weighted by Crippen LogP contribution is -2.37. The van der Waals surface area contributed by atoms with E-state index in [4.69, 9.17) is 4.74 Å². The lowest BCUT2D eigenvalue weighted by atomic mass is 10.1. The van der Waals surface area contributed by atoms with Gasteiger partial charge >= 0.3 is 11.7 Å². The number of hydrogen-bond acceptors (Lipinski definition) is 6. The first-order valence-corrected chi connectivity index (χ1v) is 9.67. The summed E-state index contributed by atoms with van der Waals surface area (Å²) in [5.41, 5.74) is 0.561. The topological polar surface area (TPSA) is 116 Å². The van der Waals surface area contributed by atoms with Crippen LogP contribution in [0.4, 0.5) is 0 Å². The predicted molar refractivity (Wildman–Crippen MR) is 115 cm³/mol. The summed E-state index contributed by atoms with van der Waals surface area (Å²) < 4.78 is 7.09. The van der Waals surface area contributed by atoms with Crippen molar-refractivity contribution in [2.75, 3.05) is 13.2 Å². The van der Waals surface area contributed by atoms with E-state index in [1.807, 2.05) is 12.1 Å². The number of nitrogens with one attached hydrogen (secondary N) is 1. The van der Waals surface area contributed by atoms with Crippen molar-refractivity contribution in [1.29, 1.82) is 0 Å². The van der Waals surface area contributed by atoms with Crippen LogP contribution < -0.4 is 16.6 Å². The zero-order valence-electron chi connectivity index (χ0n) is 17.7. The van der Waals surface area contributed by atoms with Gasteiger partial charge in [0, 0.05) is 45.4 Å². The molecule has 1 N–H and O–H groups in total. The van der Waals surface area contributed by atoms with E-state index in [0.29, 0.717) is 12.1 Å². The minimum absolute atomic E-state index is 0.0674. The summed E-state index contributed by atoms with van der Waals surface area (Å²) in [6.45, 7) is 1.62. The summed E-state index contributed by atoms with van der Waals surface area (Å²) in [6, 6.07) is 6.96. The predicted octanol–water partition coefficient (Wildman–Crippen LogP) is 0.592. The van der Waals surface area contributed by atoms with E-state index in [1.165, 1.54) is 37.9 Å². The summed E-state index contributed by atoms with van der Waals surface area (Å²) in [5, 5.41) is 2.72. The second-order valence-electron chi connectivity index (χ2n) is 6.99. The molecule has 2 aromatic rings. The van der Waals surface area contributed by atoms with Crippen LogP contribution in [0.5, 0.6) is 0 Å². The fourth-order valence-corrected chi connectivity index (χ4v) is 2.79. The van der Waals surface area contributed by atoms with Gasteiger partial charge in [-0.3, -0.25) is 19.0 Å². The van der Waals surface area contributed by atoms with Crippen molar-refractivity contribution in [3.05, 3.63) is 74.1 Å². The third-order valence-corrected chi connectivity index (χ3v) is 4.51. The molecule has 1 heterocycles. The number of esters is 1. The van der Waals surface area contributed by atoms with Gasteiger partial charge in [-0.1, -0.05) is 24.3 Å². The van der Waals surface area contributed by atoms with Crippen LogP contribution >= 0.6 is 0 Å². The van der Waals surface area contributed by atoms with E-state index in [-0.39, 0.29) is 17.3 Å². The molecule has 0 bridgehead atoms. The van der Waals surface area contributed by atoms with E-state index >= 15 is 0 Å². The van der Waals surface area contributed by atoms with Gasteiger partial charge in [0.15, 0.2) is 12.4 Å². The molecular formula is C22H25N3O6. The molecule has 0 atom stereocenters. The number of amides is 1. The standard InChI is InChI=1S/C22H25N3O6/c1-15(26)23-12-4-5-16-6-8-17(9-7-16)19(27)14-31-20(28)11-10-18-13-24(2)22(30)25(3)21(18)29/h6-11,13H,4-5,12,14H2,1-3H3,(H,23,26)/b11-10+. The molecule has 0 saturated heterocycles. The number of benzene rings is 1. The average Bonchev–Trinajstić information content (AvgIpc) is 2.75. The molecule has 0 aliphatic carbocycles. The molecule has 9 nitrogen and oxygen atoms in total. The summed E-state index contributed by atoms with van der Waals surface area (Å²) in [4.78, 5) is 58.6. The smallest absolute Gasteiger partial charge is 0.331 e. The second-order valence-corrected chi connectivity index (χ2v) is 6.99. The van der Waals surface area contributed by atoms with E-state index < -0.39 is 23.8 Å². The van der Waals surface area contributed by atoms with E-state index in [0.717, 1.165) is 29.0 Å². The van der Waals surface area contributed by atoms with Crippen molar-refractivity contribution < 1.29 is 19.1 Å². The molecule has 0 fully saturated rings. The maximum absolute atomic E-state index is 12.2. The van der Waals surface area contributed by atoms with Gasteiger partial charge in [0.25, 0.3) is 5.56 Å². The summed E-state index contributed by atoms with van der Waals surface area (Å²) in [6.07, 6.45) is 5.14. The zero-order valence-corrected chi connectivity index (χ0v) is 17.7. The number of ketones is 1. The van der Waals surface area contributed by atoms with Gasteiger partial charge in [-0.2, -0.15) is 0 Å². The van der Waals surface area contributed by atoms with Crippen molar-refractivity contribution >= 4 is 23.7 Å². The van der Waals surface area contributed by atoms with Crippen LogP contribution in [0.2, 0.25) is 0 Å². The molecular weight excluding hydrogens is 402 g/mol. The van der Waals surface area contributed by atoms with Gasteiger partial charge < -0.3 is 14.6 Å². The van der Waals surface area contributed by atoms with Crippen LogP contribution in [0.1, 0.15) is 34.8 Å². The van der Waals surface area contributed by atoms with Gasteiger partial charge in [0.2, 0.25) is 5.91 Å². The summed E-state index contributed by atoms with van der Waals surface area (Å²) in [5.74, 6) is -1.20. The third kappa shape index (κ3) is 6.91. The molecule has 164 valence electrons. The number of aryl methyl sites for hydroxylation is 2. The number of carbonyl (C=O) groups is 3. The van der Waals surface area contributed by atoms with Crippen LogP contribution in [0, 0.1) is 0 Å². The molecule has 0 radical (unpaired) electrons. The number of nitrogens with zero attached hydrogens (tertiary/aromatic N) is 2. The number of aromatic nitrogens is 2. The Balaban J connectivity index is 1.87. The molecule has 1 amide bonds. The fourth-order valence-electron chi connectivity index (χ4n) is 2.79. The molecule has 0 saturated carbocycles. The first kappa shape index (κ1) is 23.5. The van der Waals surface area contributed by atoms with Crippen LogP contribution in [0.15, 0.2) is 46.1 Å². The Morgan fingerprint density at radius 3 is 2.42 bits per heavy atom. The normalized spacial score (nSPS) is 10.8. The zero-order chi connectivity index (χ0) is 23.0. The maximum atomic E-state index is 12.2. The van der Waals surface area contributed by atoms with Gasteiger partial charge in [-0.15, -0.1) is 0 Å². The van der Waals surface area contributed by atoms with Gasteiger partial charge in [0.05, 0.1) is 5.56 Å². The number of ether oxygens (including phenoxy) is 1. The van der Waals surface area contributed by atoms with Gasteiger partial charge in [0.1, 0.15) is 0 Å². The number of rotatable bonds is 9. The van der Waals surface area contributed by atoms with E-state index in [1.54, 1.807) is 12.1 Å². The lowest BCUT2D eigenvalue weighted by molar-refractivity contribution is -0.136. The number of Topliss-reactive ketones (excluding diaryl/α,β-unsaturated/α-hetero) is 1. The van der Waals surface area contributed by atoms with E-state index in [9.17, 15) is 24.0 Å². The Hall–Kier alpha value is -3.75. The van der Waals surface area contributed by atoms with Crippen LogP contribution in [0.25, 0.3) is 6.08 Å². The van der Waals surface area contributed by atoms with Crippen molar-refractivity contribution in [3.8, 4) is 0 Å². The molecule has 2 rings (SSSR count). The van der Waals surface area contributed by atoms with Gasteiger partial charge in [-0.25, -0.2) is 9.59 Å². The highest BCUT2D eigenvalue weighted by atomic mass is 16.5. The summed E-state index contributed by atoms with van der Waals surface area (Å²) in [7, 11) is 2.83. The van der Waals surface area contributed by atoms with Crippen LogP contribution in [-0.2, 0) is 34.8 Å². The van der Waals surface area contributed by atoms with E-state index in [2.05, 4.69) is 5.32 Å². The molecule has 0 aliphatic heterocycles. The monoisotopic (exact) mass is 427 g/mol. The first-order chi connectivity index (χ1) is 14.7. The third-order valence-electron chi connectivity index (χ3n) is 4.51. The van der Waals surface area contributed by atoms with Crippen molar-refractivity contribution in [2.24, 2.45) is 14.1 Å². The molecule has 1 aromatic heterocycles. The fraction of sp³-hybridized carbons (Fsp3) is 0.318. The highest BCUT2D eigenvalue weighted by molar-refractivity contribution is 5.98. The Bertz CT molecular complexity index is 1110. The molecule has 0 aliphatic rings. The number of carbonyl (C=O) groups excluding carboxylic acids is 3. The number of hydrogen-bond donors (Lipinski definition) is 1. The van der Waals surface area contributed by atoms with Crippen molar-refractivity contribution in [2.45, 2.75) is 19.8 Å². The average molecular weight is 427 g/mol. The molecule has 1 aromatic carbocycles. The van der Waals surface area contributed by atoms with Crippen molar-refractivity contribution in [3.63, 3.8) is 0 Å². The molecule has 31 heavy (non-hydrogen) atoms. The minimum Gasteiger partial charge on any atom is -0.454 e. The van der Waals surface area contributed by atoms with Crippen molar-refractivity contribution in [1.82, 2.24) is 14.5 Å². The molecule has 9 heteroatoms. The largest absolute Gasteiger partial charge is 0.454 e. The Morgan fingerprint density at radius 2 is 1.77 bits per heavy atom. The highest BCUT2D eigenvalue weighted by Gasteiger charge is 2.09. The second kappa shape index (κ2) is 10.9. The van der Waals surface area contributed by atoms with Crippen LogP contribution in [-0.4, -0.2) is 39.9 Å². The minimum atomic E-state index is -0.779. The SMILES string of the molecule is CC(=O)NCCCc1ccc(C(=O)COC(=O)/C=C/c2cn(C)c(=O)n(C)c2=O)cc1. The first-order valence-electron chi connectivity index (χ1n) is 9.67. The Morgan fingerprint density at radius 1 is 1.10 bits per heavy atom. The van der Waals surface area contributed by atoms with Gasteiger partial charge in [-0.05, 0) is 24.5 Å².